The van der Waals surface area contributed by atoms with Crippen molar-refractivity contribution in [2.45, 2.75) is 24.8 Å². The van der Waals surface area contributed by atoms with Crippen LogP contribution in [0.5, 0.6) is 0 Å². The fourth-order valence-corrected chi connectivity index (χ4v) is 3.72. The van der Waals surface area contributed by atoms with E-state index in [9.17, 15) is 4.79 Å². The van der Waals surface area contributed by atoms with Crippen molar-refractivity contribution >= 4 is 23.4 Å². The Bertz CT molecular complexity index is 553. The summed E-state index contributed by atoms with van der Waals surface area (Å²) in [5, 5.41) is 3.01. The van der Waals surface area contributed by atoms with E-state index in [1.54, 1.807) is 11.8 Å². The molecule has 1 fully saturated rings. The standard InChI is InChI=1S/C19H31N3O2S/c1-15(2)11-22-9-10-24-16(13-22)12-21(3)14-19(23)20-17-7-5-6-8-18(17)25-4/h5-8,15-16H,9-14H2,1-4H3,(H,20,23)/t16-/m1/s1. The Hall–Kier alpha value is -1.08. The molecule has 1 saturated heterocycles. The van der Waals surface area contributed by atoms with Gasteiger partial charge in [-0.25, -0.2) is 0 Å². The minimum absolute atomic E-state index is 0.0128. The predicted octanol–water partition coefficient (Wildman–Crippen LogP) is 2.64. The fourth-order valence-electron chi connectivity index (χ4n) is 3.17. The van der Waals surface area contributed by atoms with E-state index < -0.39 is 0 Å². The molecule has 1 heterocycles. The van der Waals surface area contributed by atoms with Crippen LogP contribution >= 0.6 is 11.8 Å². The molecular formula is C19H31N3O2S. The first-order valence-electron chi connectivity index (χ1n) is 8.93. The van der Waals surface area contributed by atoms with Crippen molar-refractivity contribution in [2.24, 2.45) is 5.92 Å². The van der Waals surface area contributed by atoms with Crippen LogP contribution in [-0.4, -0.2) is 74.4 Å². The van der Waals surface area contributed by atoms with Gasteiger partial charge in [0.2, 0.25) is 5.91 Å². The van der Waals surface area contributed by atoms with E-state index in [0.29, 0.717) is 12.5 Å². The summed E-state index contributed by atoms with van der Waals surface area (Å²) in [6.07, 6.45) is 2.18. The van der Waals surface area contributed by atoms with Crippen LogP contribution in [0.2, 0.25) is 0 Å². The third-order valence-corrected chi connectivity index (χ3v) is 4.95. The molecule has 0 saturated carbocycles. The van der Waals surface area contributed by atoms with E-state index in [2.05, 4.69) is 24.1 Å². The van der Waals surface area contributed by atoms with E-state index >= 15 is 0 Å². The molecule has 1 aliphatic heterocycles. The number of morpholine rings is 1. The van der Waals surface area contributed by atoms with Gasteiger partial charge in [-0.1, -0.05) is 26.0 Å². The Morgan fingerprint density at radius 2 is 2.20 bits per heavy atom. The molecule has 0 aliphatic carbocycles. The molecule has 1 aromatic rings. The van der Waals surface area contributed by atoms with E-state index in [-0.39, 0.29) is 12.0 Å². The third kappa shape index (κ3) is 6.98. The number of hydrogen-bond donors (Lipinski definition) is 1. The molecule has 1 N–H and O–H groups in total. The predicted molar refractivity (Wildman–Crippen MR) is 105 cm³/mol. The van der Waals surface area contributed by atoms with Gasteiger partial charge in [0.25, 0.3) is 0 Å². The van der Waals surface area contributed by atoms with Crippen LogP contribution in [0.4, 0.5) is 5.69 Å². The Labute approximate surface area is 156 Å². The lowest BCUT2D eigenvalue weighted by Gasteiger charge is -2.35. The summed E-state index contributed by atoms with van der Waals surface area (Å²) >= 11 is 1.64. The second-order valence-corrected chi connectivity index (χ2v) is 7.94. The minimum atomic E-state index is 0.0128. The topological polar surface area (TPSA) is 44.8 Å². The van der Waals surface area contributed by atoms with Gasteiger partial charge >= 0.3 is 0 Å². The lowest BCUT2D eigenvalue weighted by Crippen LogP contribution is -2.48. The van der Waals surface area contributed by atoms with Crippen molar-refractivity contribution in [1.29, 1.82) is 0 Å². The summed E-state index contributed by atoms with van der Waals surface area (Å²) in [6.45, 7) is 9.46. The zero-order valence-corrected chi connectivity index (χ0v) is 16.6. The highest BCUT2D eigenvalue weighted by Crippen LogP contribution is 2.24. The Morgan fingerprint density at radius 3 is 2.92 bits per heavy atom. The molecule has 1 amide bonds. The Balaban J connectivity index is 1.79. The molecule has 0 unspecified atom stereocenters. The first kappa shape index (κ1) is 20.2. The average Bonchev–Trinajstić information content (AvgIpc) is 2.54. The molecular weight excluding hydrogens is 334 g/mol. The highest BCUT2D eigenvalue weighted by molar-refractivity contribution is 7.98. The van der Waals surface area contributed by atoms with Gasteiger partial charge in [0.15, 0.2) is 0 Å². The number of para-hydroxylation sites is 1. The van der Waals surface area contributed by atoms with Gasteiger partial charge in [0, 0.05) is 31.1 Å². The average molecular weight is 366 g/mol. The van der Waals surface area contributed by atoms with Crippen molar-refractivity contribution in [2.75, 3.05) is 58.0 Å². The monoisotopic (exact) mass is 365 g/mol. The maximum absolute atomic E-state index is 12.3. The molecule has 5 nitrogen and oxygen atoms in total. The maximum atomic E-state index is 12.3. The number of carbonyl (C=O) groups is 1. The maximum Gasteiger partial charge on any atom is 0.238 e. The zero-order chi connectivity index (χ0) is 18.2. The molecule has 1 atom stereocenters. The molecule has 25 heavy (non-hydrogen) atoms. The van der Waals surface area contributed by atoms with Gasteiger partial charge in [-0.2, -0.15) is 0 Å². The number of thioether (sulfide) groups is 1. The molecule has 0 bridgehead atoms. The number of nitrogens with one attached hydrogen (secondary N) is 1. The quantitative estimate of drug-likeness (QED) is 0.718. The van der Waals surface area contributed by atoms with E-state index in [0.717, 1.165) is 43.4 Å². The van der Waals surface area contributed by atoms with Crippen LogP contribution in [-0.2, 0) is 9.53 Å². The number of benzene rings is 1. The summed E-state index contributed by atoms with van der Waals surface area (Å²) < 4.78 is 5.88. The van der Waals surface area contributed by atoms with Crippen molar-refractivity contribution in [1.82, 2.24) is 9.80 Å². The Kier molecular flexibility index (Phi) is 8.22. The van der Waals surface area contributed by atoms with Gasteiger partial charge in [-0.3, -0.25) is 14.6 Å². The first-order valence-corrected chi connectivity index (χ1v) is 10.2. The molecule has 0 spiro atoms. The van der Waals surface area contributed by atoms with Crippen molar-refractivity contribution in [3.8, 4) is 0 Å². The molecule has 0 radical (unpaired) electrons. The van der Waals surface area contributed by atoms with E-state index in [1.165, 1.54) is 0 Å². The third-order valence-electron chi connectivity index (χ3n) is 4.16. The van der Waals surface area contributed by atoms with Gasteiger partial charge in [-0.15, -0.1) is 11.8 Å². The number of nitrogens with zero attached hydrogens (tertiary/aromatic N) is 2. The molecule has 140 valence electrons. The molecule has 2 rings (SSSR count). The second-order valence-electron chi connectivity index (χ2n) is 7.09. The summed E-state index contributed by atoms with van der Waals surface area (Å²) in [5.41, 5.74) is 0.880. The smallest absolute Gasteiger partial charge is 0.238 e. The number of likely N-dealkylation sites (N-methyl/N-ethyl adjacent to an activating group) is 1. The van der Waals surface area contributed by atoms with Gasteiger partial charge in [-0.05, 0) is 31.4 Å². The molecule has 1 aliphatic rings. The largest absolute Gasteiger partial charge is 0.374 e. The summed E-state index contributed by atoms with van der Waals surface area (Å²) in [4.78, 5) is 17.9. The van der Waals surface area contributed by atoms with Gasteiger partial charge < -0.3 is 10.1 Å². The molecule has 6 heteroatoms. The summed E-state index contributed by atoms with van der Waals surface area (Å²) in [7, 11) is 1.98. The zero-order valence-electron chi connectivity index (χ0n) is 15.8. The van der Waals surface area contributed by atoms with Crippen LogP contribution in [0.1, 0.15) is 13.8 Å². The second kappa shape index (κ2) is 10.2. The Morgan fingerprint density at radius 1 is 1.44 bits per heavy atom. The highest BCUT2D eigenvalue weighted by Gasteiger charge is 2.22. The molecule has 1 aromatic carbocycles. The SMILES string of the molecule is CSc1ccccc1NC(=O)CN(C)C[C@@H]1CN(CC(C)C)CCO1. The van der Waals surface area contributed by atoms with E-state index in [1.807, 2.05) is 42.5 Å². The lowest BCUT2D eigenvalue weighted by atomic mass is 10.1. The summed E-state index contributed by atoms with van der Waals surface area (Å²) in [5.74, 6) is 0.678. The van der Waals surface area contributed by atoms with Crippen LogP contribution < -0.4 is 5.32 Å². The van der Waals surface area contributed by atoms with Crippen LogP contribution in [0.15, 0.2) is 29.2 Å². The number of ether oxygens (including phenoxy) is 1. The van der Waals surface area contributed by atoms with Crippen molar-refractivity contribution in [3.05, 3.63) is 24.3 Å². The van der Waals surface area contributed by atoms with E-state index in [4.69, 9.17) is 4.74 Å². The van der Waals surface area contributed by atoms with Crippen LogP contribution in [0.3, 0.4) is 0 Å². The minimum Gasteiger partial charge on any atom is -0.374 e. The van der Waals surface area contributed by atoms with Crippen LogP contribution in [0.25, 0.3) is 0 Å². The highest BCUT2D eigenvalue weighted by atomic mass is 32.2. The van der Waals surface area contributed by atoms with Crippen molar-refractivity contribution < 1.29 is 9.53 Å². The number of amides is 1. The number of anilines is 1. The first-order chi connectivity index (χ1) is 12.0. The summed E-state index contributed by atoms with van der Waals surface area (Å²) in [6, 6.07) is 7.89. The van der Waals surface area contributed by atoms with Gasteiger partial charge in [0.05, 0.1) is 24.9 Å². The number of hydrogen-bond acceptors (Lipinski definition) is 5. The number of rotatable bonds is 8. The molecule has 0 aromatic heterocycles. The van der Waals surface area contributed by atoms with Crippen molar-refractivity contribution in [3.63, 3.8) is 0 Å². The van der Waals surface area contributed by atoms with Gasteiger partial charge in [0.1, 0.15) is 0 Å². The fraction of sp³-hybridized carbons (Fsp3) is 0.632. The number of carbonyl (C=O) groups excluding carboxylic acids is 1. The van der Waals surface area contributed by atoms with Crippen LogP contribution in [0, 0.1) is 5.92 Å². The normalized spacial score (nSPS) is 18.7. The lowest BCUT2D eigenvalue weighted by molar-refractivity contribution is -0.117.